The van der Waals surface area contributed by atoms with E-state index in [2.05, 4.69) is 22.1 Å². The van der Waals surface area contributed by atoms with Crippen molar-refractivity contribution in [1.29, 1.82) is 10.5 Å². The van der Waals surface area contributed by atoms with Gasteiger partial charge in [0, 0.05) is 46.7 Å². The lowest BCUT2D eigenvalue weighted by Gasteiger charge is -2.16. The third kappa shape index (κ3) is 4.68. The molecule has 8 nitrogen and oxygen atoms in total. The van der Waals surface area contributed by atoms with E-state index in [1.807, 2.05) is 89.5 Å². The van der Waals surface area contributed by atoms with Crippen LogP contribution < -0.4 is 4.90 Å². The van der Waals surface area contributed by atoms with Gasteiger partial charge in [0.2, 0.25) is 0 Å². The summed E-state index contributed by atoms with van der Waals surface area (Å²) in [5.41, 5.74) is 8.99. The van der Waals surface area contributed by atoms with Crippen molar-refractivity contribution in [3.63, 3.8) is 0 Å². The Morgan fingerprint density at radius 3 is 1.65 bits per heavy atom. The van der Waals surface area contributed by atoms with E-state index in [0.717, 1.165) is 44.1 Å². The van der Waals surface area contributed by atoms with Crippen LogP contribution in [0.4, 0.5) is 5.69 Å². The third-order valence-electron chi connectivity index (χ3n) is 9.64. The number of amides is 2. The number of pyridine rings is 2. The van der Waals surface area contributed by atoms with Crippen LogP contribution in [0.15, 0.2) is 146 Å². The molecule has 0 saturated carbocycles. The van der Waals surface area contributed by atoms with Gasteiger partial charge >= 0.3 is 0 Å². The Kier molecular flexibility index (Phi) is 7.03. The van der Waals surface area contributed by atoms with E-state index >= 15 is 0 Å². The lowest BCUT2D eigenvalue weighted by Crippen LogP contribution is -2.29. The molecule has 0 N–H and O–H groups in total. The van der Waals surface area contributed by atoms with Crippen LogP contribution >= 0.6 is 0 Å². The molecule has 3 aromatic heterocycles. The highest BCUT2D eigenvalue weighted by atomic mass is 16.2. The zero-order chi connectivity index (χ0) is 35.3. The van der Waals surface area contributed by atoms with Gasteiger partial charge in [-0.05, 0) is 70.8 Å². The molecule has 1 aliphatic heterocycles. The van der Waals surface area contributed by atoms with Crippen molar-refractivity contribution in [2.45, 2.75) is 0 Å². The fraction of sp³-hybridized carbons (Fsp3) is 0. The minimum absolute atomic E-state index is 0.285. The Hall–Kier alpha value is -7.68. The summed E-state index contributed by atoms with van der Waals surface area (Å²) >= 11 is 0. The van der Waals surface area contributed by atoms with E-state index in [1.54, 1.807) is 61.2 Å². The van der Waals surface area contributed by atoms with Gasteiger partial charge in [0.05, 0.1) is 56.8 Å². The van der Waals surface area contributed by atoms with E-state index in [4.69, 9.17) is 0 Å². The molecule has 0 radical (unpaired) electrons. The summed E-state index contributed by atoms with van der Waals surface area (Å²) in [4.78, 5) is 38.3. The first-order valence-electron chi connectivity index (χ1n) is 16.5. The first kappa shape index (κ1) is 30.4. The summed E-state index contributed by atoms with van der Waals surface area (Å²) < 4.78 is 1.99. The topological polar surface area (TPSA) is 116 Å². The number of nitriles is 2. The molecule has 0 bridgehead atoms. The number of benzene rings is 5. The average molecular weight is 669 g/mol. The van der Waals surface area contributed by atoms with E-state index in [0.29, 0.717) is 39.2 Å². The molecular formula is C44H24N6O2. The maximum absolute atomic E-state index is 14.5. The van der Waals surface area contributed by atoms with Gasteiger partial charge in [0.25, 0.3) is 11.8 Å². The molecular weight excluding hydrogens is 645 g/mol. The maximum atomic E-state index is 14.5. The van der Waals surface area contributed by atoms with Crippen molar-refractivity contribution in [1.82, 2.24) is 14.5 Å². The highest BCUT2D eigenvalue weighted by Crippen LogP contribution is 2.41. The first-order chi connectivity index (χ1) is 25.6. The normalized spacial score (nSPS) is 12.2. The van der Waals surface area contributed by atoms with Crippen molar-refractivity contribution in [3.05, 3.63) is 168 Å². The van der Waals surface area contributed by atoms with Gasteiger partial charge in [-0.2, -0.15) is 10.5 Å². The van der Waals surface area contributed by atoms with Crippen LogP contribution in [0, 0.1) is 22.7 Å². The Morgan fingerprint density at radius 2 is 1.08 bits per heavy atom. The maximum Gasteiger partial charge on any atom is 0.268 e. The predicted octanol–water partition coefficient (Wildman–Crippen LogP) is 9.12. The minimum Gasteiger partial charge on any atom is -0.308 e. The number of imide groups is 1. The van der Waals surface area contributed by atoms with Crippen LogP contribution in [0.2, 0.25) is 0 Å². The minimum atomic E-state index is -0.427. The molecule has 8 heteroatoms. The molecule has 0 spiro atoms. The van der Waals surface area contributed by atoms with E-state index < -0.39 is 11.8 Å². The van der Waals surface area contributed by atoms with Crippen LogP contribution in [0.25, 0.3) is 60.9 Å². The molecule has 242 valence electrons. The number of anilines is 1. The quantitative estimate of drug-likeness (QED) is 0.169. The number of carbonyl (C=O) groups excluding carboxylic acids is 2. The summed E-state index contributed by atoms with van der Waals surface area (Å²) in [7, 11) is 0. The summed E-state index contributed by atoms with van der Waals surface area (Å²) in [6.45, 7) is 0. The molecule has 52 heavy (non-hydrogen) atoms. The van der Waals surface area contributed by atoms with Gasteiger partial charge in [-0.25, -0.2) is 4.90 Å². The number of hydrogen-bond acceptors (Lipinski definition) is 6. The number of carbonyl (C=O) groups is 2. The second-order valence-electron chi connectivity index (χ2n) is 12.4. The van der Waals surface area contributed by atoms with Gasteiger partial charge in [0.1, 0.15) is 0 Å². The number of fused-ring (bicyclic) bond motifs is 4. The second-order valence-corrected chi connectivity index (χ2v) is 12.4. The van der Waals surface area contributed by atoms with Crippen molar-refractivity contribution < 1.29 is 9.59 Å². The lowest BCUT2D eigenvalue weighted by molar-refractivity contribution is 0.0926. The van der Waals surface area contributed by atoms with Crippen LogP contribution in [0.1, 0.15) is 31.8 Å². The predicted molar refractivity (Wildman–Crippen MR) is 200 cm³/mol. The van der Waals surface area contributed by atoms with Gasteiger partial charge in [-0.15, -0.1) is 0 Å². The Morgan fingerprint density at radius 1 is 0.519 bits per heavy atom. The Labute approximate surface area is 297 Å². The standard InChI is InChI=1S/C44H24N6O2/c45-23-31-17-19-47-25-37(31)29-11-15-34-35-16-12-30(38-26-48-20-18-32(38)24-46)22-41(35)50(40(34)21-29)39-8-4-7-36-42(39)44(52)49(43(36)51)33-13-9-28(10-14-33)27-5-2-1-3-6-27/h1-22,25-26H. The van der Waals surface area contributed by atoms with E-state index in [-0.39, 0.29) is 5.56 Å². The van der Waals surface area contributed by atoms with Crippen molar-refractivity contribution >= 4 is 39.3 Å². The zero-order valence-corrected chi connectivity index (χ0v) is 27.4. The second kappa shape index (κ2) is 12.0. The monoisotopic (exact) mass is 668 g/mol. The molecule has 4 heterocycles. The van der Waals surface area contributed by atoms with Gasteiger partial charge < -0.3 is 4.57 Å². The summed E-state index contributed by atoms with van der Waals surface area (Å²) in [6.07, 6.45) is 6.51. The largest absolute Gasteiger partial charge is 0.308 e. The lowest BCUT2D eigenvalue weighted by atomic mass is 9.99. The van der Waals surface area contributed by atoms with Crippen LogP contribution in [-0.2, 0) is 0 Å². The van der Waals surface area contributed by atoms with Crippen molar-refractivity contribution in [3.8, 4) is 51.2 Å². The highest BCUT2D eigenvalue weighted by molar-refractivity contribution is 6.35. The molecule has 8 aromatic rings. The Bertz CT molecular complexity index is 2750. The Balaban J connectivity index is 1.27. The molecule has 0 fully saturated rings. The molecule has 0 aliphatic carbocycles. The van der Waals surface area contributed by atoms with Crippen LogP contribution in [0.5, 0.6) is 0 Å². The van der Waals surface area contributed by atoms with Crippen molar-refractivity contribution in [2.75, 3.05) is 4.90 Å². The molecule has 1 aliphatic rings. The molecule has 0 saturated heterocycles. The summed E-state index contributed by atoms with van der Waals surface area (Å²) in [6, 6.07) is 42.4. The zero-order valence-electron chi connectivity index (χ0n) is 27.4. The smallest absolute Gasteiger partial charge is 0.268 e. The summed E-state index contributed by atoms with van der Waals surface area (Å²) in [5.74, 6) is -0.831. The molecule has 0 unspecified atom stereocenters. The molecule has 2 amide bonds. The fourth-order valence-corrected chi connectivity index (χ4v) is 7.18. The SMILES string of the molecule is N#Cc1ccncc1-c1ccc2c3ccc(-c4cnccc4C#N)cc3n(-c3cccc4c3C(=O)N(c3ccc(-c5ccccc5)cc3)C4=O)c2c1. The summed E-state index contributed by atoms with van der Waals surface area (Å²) in [5, 5.41) is 21.6. The molecule has 0 atom stereocenters. The first-order valence-corrected chi connectivity index (χ1v) is 16.5. The average Bonchev–Trinajstić information content (AvgIpc) is 3.67. The number of nitrogens with zero attached hydrogens (tertiary/aromatic N) is 6. The van der Waals surface area contributed by atoms with Crippen molar-refractivity contribution in [2.24, 2.45) is 0 Å². The molecule has 9 rings (SSSR count). The number of rotatable bonds is 5. The van der Waals surface area contributed by atoms with E-state index in [1.165, 1.54) is 4.90 Å². The fourth-order valence-electron chi connectivity index (χ4n) is 7.18. The third-order valence-corrected chi connectivity index (χ3v) is 9.64. The van der Waals surface area contributed by atoms with Gasteiger partial charge in [-0.3, -0.25) is 19.6 Å². The highest BCUT2D eigenvalue weighted by Gasteiger charge is 2.39. The number of hydrogen-bond donors (Lipinski definition) is 0. The molecule has 5 aromatic carbocycles. The number of aromatic nitrogens is 3. The van der Waals surface area contributed by atoms with Crippen LogP contribution in [0.3, 0.4) is 0 Å². The van der Waals surface area contributed by atoms with E-state index in [9.17, 15) is 20.1 Å². The van der Waals surface area contributed by atoms with Gasteiger partial charge in [0.15, 0.2) is 0 Å². The van der Waals surface area contributed by atoms with Gasteiger partial charge in [-0.1, -0.05) is 72.8 Å². The van der Waals surface area contributed by atoms with Crippen LogP contribution in [-0.4, -0.2) is 26.3 Å².